The van der Waals surface area contributed by atoms with Crippen molar-refractivity contribution < 1.29 is 73.3 Å². The third-order valence-electron chi connectivity index (χ3n) is 9.90. The first-order valence-corrected chi connectivity index (χ1v) is 24.1. The summed E-state index contributed by atoms with van der Waals surface area (Å²) in [6.07, 6.45) is 25.4. The van der Waals surface area contributed by atoms with Crippen LogP contribution in [-0.4, -0.2) is 121 Å². The van der Waals surface area contributed by atoms with Crippen LogP contribution >= 0.6 is 7.82 Å². The molecule has 0 saturated heterocycles. The molecular formula is C47H77O15P. The molecular weight excluding hydrogens is 835 g/mol. The summed E-state index contributed by atoms with van der Waals surface area (Å²) in [5.74, 6) is -1.40. The molecule has 16 heteroatoms. The summed E-state index contributed by atoms with van der Waals surface area (Å²) in [7, 11) is -5.19. The van der Waals surface area contributed by atoms with E-state index in [1.807, 2.05) is 18.2 Å². The predicted octanol–water partition coefficient (Wildman–Crippen LogP) is 6.44. The smallest absolute Gasteiger partial charge is 0.462 e. The molecule has 0 aromatic heterocycles. The molecule has 10 atom stereocenters. The molecule has 8 N–H and O–H groups in total. The van der Waals surface area contributed by atoms with Crippen molar-refractivity contribution in [3.63, 3.8) is 0 Å². The van der Waals surface area contributed by atoms with Crippen LogP contribution in [0.1, 0.15) is 129 Å². The Hall–Kier alpha value is -3.05. The highest BCUT2D eigenvalue weighted by atomic mass is 31.2. The van der Waals surface area contributed by atoms with Crippen molar-refractivity contribution in [3.8, 4) is 0 Å². The minimum absolute atomic E-state index is 0.00961. The van der Waals surface area contributed by atoms with E-state index in [1.165, 1.54) is 32.1 Å². The third kappa shape index (κ3) is 29.2. The Morgan fingerprint density at radius 2 is 1.08 bits per heavy atom. The molecule has 0 heterocycles. The molecule has 0 radical (unpaired) electrons. The second-order valence-electron chi connectivity index (χ2n) is 15.6. The number of aliphatic hydroxyl groups excluding tert-OH is 7. The number of unbranched alkanes of at least 4 members (excludes halogenated alkanes) is 8. The number of esters is 2. The number of ether oxygens (including phenoxy) is 2. The lowest BCUT2D eigenvalue weighted by Gasteiger charge is -2.41. The molecule has 0 aromatic carbocycles. The summed E-state index contributed by atoms with van der Waals surface area (Å²) >= 11 is 0. The topological polar surface area (TPSA) is 250 Å². The molecule has 1 fully saturated rings. The lowest BCUT2D eigenvalue weighted by molar-refractivity contribution is -0.220. The maximum atomic E-state index is 12.8. The number of phosphoric acid groups is 1. The van der Waals surface area contributed by atoms with Crippen LogP contribution in [-0.2, 0) is 32.7 Å². The van der Waals surface area contributed by atoms with Crippen LogP contribution in [0.5, 0.6) is 0 Å². The Kier molecular flexibility index (Phi) is 33.3. The van der Waals surface area contributed by atoms with Gasteiger partial charge in [0.25, 0.3) is 0 Å². The van der Waals surface area contributed by atoms with Gasteiger partial charge in [-0.1, -0.05) is 125 Å². The van der Waals surface area contributed by atoms with Crippen molar-refractivity contribution in [1.29, 1.82) is 0 Å². The first-order chi connectivity index (χ1) is 30.2. The van der Waals surface area contributed by atoms with E-state index < -0.39 is 87.9 Å². The van der Waals surface area contributed by atoms with Gasteiger partial charge in [0.2, 0.25) is 0 Å². The molecule has 1 aliphatic rings. The quantitative estimate of drug-likeness (QED) is 0.0112. The Balaban J connectivity index is 2.63. The van der Waals surface area contributed by atoms with Gasteiger partial charge in [-0.25, -0.2) is 4.57 Å². The Bertz CT molecular complexity index is 1460. The highest BCUT2D eigenvalue weighted by Crippen LogP contribution is 2.47. The molecule has 0 spiro atoms. The van der Waals surface area contributed by atoms with Crippen LogP contribution in [0.3, 0.4) is 0 Å². The average molecular weight is 913 g/mol. The zero-order valence-electron chi connectivity index (χ0n) is 37.3. The average Bonchev–Trinajstić information content (AvgIpc) is 3.25. The summed E-state index contributed by atoms with van der Waals surface area (Å²) in [5.41, 5.74) is 0. The zero-order chi connectivity index (χ0) is 46.7. The van der Waals surface area contributed by atoms with Gasteiger partial charge in [-0.3, -0.25) is 18.6 Å². The van der Waals surface area contributed by atoms with Crippen LogP contribution in [0.4, 0.5) is 0 Å². The van der Waals surface area contributed by atoms with Crippen molar-refractivity contribution >= 4 is 19.8 Å². The van der Waals surface area contributed by atoms with Crippen molar-refractivity contribution in [3.05, 3.63) is 85.1 Å². The van der Waals surface area contributed by atoms with E-state index in [4.69, 9.17) is 18.5 Å². The third-order valence-corrected chi connectivity index (χ3v) is 10.9. The fraction of sp³-hybridized carbons (Fsp3) is 0.660. The number of carbonyl (C=O) groups is 2. The maximum Gasteiger partial charge on any atom is 0.472 e. The molecule has 0 bridgehead atoms. The number of rotatable bonds is 35. The van der Waals surface area contributed by atoms with Crippen LogP contribution < -0.4 is 0 Å². The predicted molar refractivity (Wildman–Crippen MR) is 242 cm³/mol. The van der Waals surface area contributed by atoms with Crippen molar-refractivity contribution in [2.45, 2.75) is 184 Å². The molecule has 1 aliphatic carbocycles. The molecule has 1 saturated carbocycles. The molecule has 0 aliphatic heterocycles. The van der Waals surface area contributed by atoms with Crippen molar-refractivity contribution in [1.82, 2.24) is 0 Å². The standard InChI is InChI=1S/C47H77O15P/c1-3-5-7-9-11-12-13-14-15-16-17-18-19-21-27-33-41(51)61-39(36-60-63(57,58)62-47-45(55)43(53)42(52)44(54)46(47)56)35-59-40(50)34-28-32-38(49)31-26-23-22-25-30-37(48)29-24-20-10-8-6-4-2/h11-12,14-15,17-18,20,22-26,30-31,37-39,42-49,52-56H,3-10,13,16,19,21,27-29,32-36H2,1-2H3,(H,57,58)/b12-11-,15-14-,18-17-,23-22+,24-20-,30-25+,31-26-/t37-,38-,39-,42?,43-,44+,45-,46-,47?/m1/s1. The van der Waals surface area contributed by atoms with Gasteiger partial charge in [-0.15, -0.1) is 0 Å². The highest BCUT2D eigenvalue weighted by molar-refractivity contribution is 7.47. The molecule has 360 valence electrons. The van der Waals surface area contributed by atoms with Crippen LogP contribution in [0.25, 0.3) is 0 Å². The lowest BCUT2D eigenvalue weighted by Crippen LogP contribution is -2.64. The zero-order valence-corrected chi connectivity index (χ0v) is 38.2. The summed E-state index contributed by atoms with van der Waals surface area (Å²) in [5, 5.41) is 70.4. The molecule has 0 aromatic rings. The van der Waals surface area contributed by atoms with Gasteiger partial charge < -0.3 is 50.1 Å². The SMILES string of the molecule is CCCCC/C=C\C/C=C\C/C=C\CCCCC(=O)O[C@H](COC(=O)CCC[C@H](O)\C=C/C=C/C=C/[C@H](O)C/C=C\CCCCC)COP(=O)(O)OC1[C@H](O)[C@H](O)C(O)[C@H](O)[C@H]1O. The lowest BCUT2D eigenvalue weighted by atomic mass is 9.85. The Morgan fingerprint density at radius 3 is 1.65 bits per heavy atom. The first-order valence-electron chi connectivity index (χ1n) is 22.6. The number of hydrogen-bond donors (Lipinski definition) is 8. The van der Waals surface area contributed by atoms with E-state index >= 15 is 0 Å². The van der Waals surface area contributed by atoms with E-state index in [-0.39, 0.29) is 25.7 Å². The minimum Gasteiger partial charge on any atom is -0.462 e. The van der Waals surface area contributed by atoms with E-state index in [0.29, 0.717) is 19.3 Å². The monoisotopic (exact) mass is 913 g/mol. The van der Waals surface area contributed by atoms with Crippen molar-refractivity contribution in [2.24, 2.45) is 0 Å². The Labute approximate surface area is 374 Å². The highest BCUT2D eigenvalue weighted by Gasteiger charge is 2.51. The summed E-state index contributed by atoms with van der Waals surface area (Å²) in [6, 6.07) is 0. The molecule has 0 amide bonds. The van der Waals surface area contributed by atoms with E-state index in [9.17, 15) is 54.8 Å². The van der Waals surface area contributed by atoms with Gasteiger partial charge in [-0.2, -0.15) is 0 Å². The molecule has 15 nitrogen and oxygen atoms in total. The van der Waals surface area contributed by atoms with Gasteiger partial charge >= 0.3 is 19.8 Å². The molecule has 1 rings (SSSR count). The van der Waals surface area contributed by atoms with Gasteiger partial charge in [-0.05, 0) is 77.0 Å². The van der Waals surface area contributed by atoms with Gasteiger partial charge in [0.15, 0.2) is 6.10 Å². The first kappa shape index (κ1) is 58.0. The largest absolute Gasteiger partial charge is 0.472 e. The van der Waals surface area contributed by atoms with Crippen molar-refractivity contribution in [2.75, 3.05) is 13.2 Å². The second-order valence-corrected chi connectivity index (χ2v) is 17.0. The number of hydrogen-bond acceptors (Lipinski definition) is 14. The van der Waals surface area contributed by atoms with Gasteiger partial charge in [0.1, 0.15) is 43.2 Å². The number of phosphoric ester groups is 1. The van der Waals surface area contributed by atoms with Crippen LogP contribution in [0, 0.1) is 0 Å². The second kappa shape index (κ2) is 36.2. The van der Waals surface area contributed by atoms with Crippen LogP contribution in [0.15, 0.2) is 85.1 Å². The number of carbonyl (C=O) groups excluding carboxylic acids is 2. The summed E-state index contributed by atoms with van der Waals surface area (Å²) in [6.45, 7) is 2.94. The fourth-order valence-electron chi connectivity index (χ4n) is 6.13. The fourth-order valence-corrected chi connectivity index (χ4v) is 7.11. The number of allylic oxidation sites excluding steroid dienone is 11. The van der Waals surface area contributed by atoms with Gasteiger partial charge in [0.05, 0.1) is 18.8 Å². The summed E-state index contributed by atoms with van der Waals surface area (Å²) in [4.78, 5) is 35.7. The Morgan fingerprint density at radius 1 is 0.587 bits per heavy atom. The summed E-state index contributed by atoms with van der Waals surface area (Å²) < 4.78 is 33.3. The normalized spacial score (nSPS) is 23.5. The van der Waals surface area contributed by atoms with Crippen LogP contribution in [0.2, 0.25) is 0 Å². The maximum absolute atomic E-state index is 12.8. The van der Waals surface area contributed by atoms with Gasteiger partial charge in [0, 0.05) is 12.8 Å². The van der Waals surface area contributed by atoms with E-state index in [2.05, 4.69) is 44.2 Å². The molecule has 3 unspecified atom stereocenters. The van der Waals surface area contributed by atoms with E-state index in [1.54, 1.807) is 36.5 Å². The van der Waals surface area contributed by atoms with E-state index in [0.717, 1.165) is 38.5 Å². The molecule has 63 heavy (non-hydrogen) atoms. The number of aliphatic hydroxyl groups is 7. The minimum atomic E-state index is -5.19.